The minimum absolute atomic E-state index is 0.104. The Bertz CT molecular complexity index is 538. The highest BCUT2D eigenvalue weighted by Gasteiger charge is 2.44. The number of guanidine groups is 1. The van der Waals surface area contributed by atoms with Gasteiger partial charge in [0.1, 0.15) is 5.69 Å². The molecule has 1 heterocycles. The molecule has 0 radical (unpaired) electrons. The van der Waals surface area contributed by atoms with Gasteiger partial charge in [-0.3, -0.25) is 0 Å². The number of hydrogen-bond acceptors (Lipinski definition) is 1. The van der Waals surface area contributed by atoms with Crippen molar-refractivity contribution in [1.29, 1.82) is 0 Å². The number of hydrogen-bond donors (Lipinski definition) is 2. The predicted molar refractivity (Wildman–Crippen MR) is 96.3 cm³/mol. The van der Waals surface area contributed by atoms with E-state index in [1.54, 1.807) is 12.1 Å². The zero-order valence-corrected chi connectivity index (χ0v) is 15.6. The van der Waals surface area contributed by atoms with Crippen LogP contribution in [0, 0.1) is 10.8 Å². The Balaban J connectivity index is 2.37. The SMILES string of the molecule is CC(C)(C)[C@@H]1NC(=Nc2c(Cl)cccc2Cl)N[C@H]1C(C)(C)C. The third-order valence-electron chi connectivity index (χ3n) is 3.94. The van der Waals surface area contributed by atoms with Gasteiger partial charge in [-0.1, -0.05) is 70.8 Å². The predicted octanol–water partition coefficient (Wildman–Crippen LogP) is 5.00. The minimum Gasteiger partial charge on any atom is -0.351 e. The Hall–Kier alpha value is -0.930. The van der Waals surface area contributed by atoms with Crippen LogP contribution in [-0.2, 0) is 0 Å². The van der Waals surface area contributed by atoms with Crippen LogP contribution in [0.25, 0.3) is 0 Å². The molecule has 1 fully saturated rings. The summed E-state index contributed by atoms with van der Waals surface area (Å²) in [6, 6.07) is 5.95. The lowest BCUT2D eigenvalue weighted by Gasteiger charge is -2.38. The fourth-order valence-electron chi connectivity index (χ4n) is 2.71. The summed E-state index contributed by atoms with van der Waals surface area (Å²) < 4.78 is 0. The summed E-state index contributed by atoms with van der Waals surface area (Å²) in [6.07, 6.45) is 0. The lowest BCUT2D eigenvalue weighted by atomic mass is 9.74. The molecule has 0 spiro atoms. The van der Waals surface area contributed by atoms with E-state index in [0.29, 0.717) is 15.7 Å². The molecule has 0 aliphatic carbocycles. The molecule has 2 atom stereocenters. The molecule has 0 saturated carbocycles. The number of halogens is 2. The van der Waals surface area contributed by atoms with Crippen molar-refractivity contribution in [1.82, 2.24) is 10.6 Å². The molecule has 2 rings (SSSR count). The summed E-state index contributed by atoms with van der Waals surface area (Å²) in [6.45, 7) is 13.4. The van der Waals surface area contributed by atoms with E-state index >= 15 is 0 Å². The molecule has 2 N–H and O–H groups in total. The van der Waals surface area contributed by atoms with Gasteiger partial charge in [-0.2, -0.15) is 0 Å². The first-order valence-corrected chi connectivity index (χ1v) is 8.31. The van der Waals surface area contributed by atoms with Crippen molar-refractivity contribution in [3.63, 3.8) is 0 Å². The number of benzene rings is 1. The summed E-state index contributed by atoms with van der Waals surface area (Å²) >= 11 is 12.4. The van der Waals surface area contributed by atoms with Gasteiger partial charge in [-0.15, -0.1) is 0 Å². The topological polar surface area (TPSA) is 36.4 Å². The van der Waals surface area contributed by atoms with Crippen molar-refractivity contribution in [2.45, 2.75) is 53.6 Å². The van der Waals surface area contributed by atoms with Crippen molar-refractivity contribution in [2.75, 3.05) is 0 Å². The van der Waals surface area contributed by atoms with Gasteiger partial charge >= 0.3 is 0 Å². The smallest absolute Gasteiger partial charge is 0.197 e. The molecule has 0 aromatic heterocycles. The molecule has 1 saturated heterocycles. The van der Waals surface area contributed by atoms with Crippen molar-refractivity contribution >= 4 is 34.8 Å². The van der Waals surface area contributed by atoms with E-state index in [-0.39, 0.29) is 22.9 Å². The molecule has 122 valence electrons. The molecular weight excluding hydrogens is 317 g/mol. The Kier molecular flexibility index (Phi) is 4.70. The van der Waals surface area contributed by atoms with Crippen LogP contribution in [0.3, 0.4) is 0 Å². The van der Waals surface area contributed by atoms with Gasteiger partial charge < -0.3 is 10.6 Å². The second kappa shape index (κ2) is 5.93. The highest BCUT2D eigenvalue weighted by Crippen LogP contribution is 2.36. The van der Waals surface area contributed by atoms with Crippen LogP contribution in [0.2, 0.25) is 10.0 Å². The fraction of sp³-hybridized carbons (Fsp3) is 0.588. The first kappa shape index (κ1) is 17.4. The fourth-order valence-corrected chi connectivity index (χ4v) is 3.19. The molecule has 1 aliphatic heterocycles. The molecular formula is C17H25Cl2N3. The van der Waals surface area contributed by atoms with Gasteiger partial charge in [0, 0.05) is 0 Å². The van der Waals surface area contributed by atoms with Crippen molar-refractivity contribution in [3.05, 3.63) is 28.2 Å². The number of nitrogens with one attached hydrogen (secondary N) is 2. The third-order valence-corrected chi connectivity index (χ3v) is 4.55. The van der Waals surface area contributed by atoms with E-state index in [1.807, 2.05) is 6.07 Å². The summed E-state index contributed by atoms with van der Waals surface area (Å²) in [4.78, 5) is 4.62. The van der Waals surface area contributed by atoms with E-state index in [1.165, 1.54) is 0 Å². The molecule has 3 nitrogen and oxygen atoms in total. The largest absolute Gasteiger partial charge is 0.351 e. The van der Waals surface area contributed by atoms with Gasteiger partial charge in [0.25, 0.3) is 0 Å². The monoisotopic (exact) mass is 341 g/mol. The standard InChI is InChI=1S/C17H25Cl2N3/c1-16(2,3)13-14(17(4,5)6)22-15(21-13)20-12-10(18)8-7-9-11(12)19/h7-9,13-14H,1-6H3,(H2,20,21,22)/t13-,14-/m1/s1. The summed E-state index contributed by atoms with van der Waals surface area (Å²) in [7, 11) is 0. The summed E-state index contributed by atoms with van der Waals surface area (Å²) in [5, 5.41) is 8.13. The number of aliphatic imine (C=N–C) groups is 1. The first-order valence-electron chi connectivity index (χ1n) is 7.56. The first-order chi connectivity index (χ1) is 10.00. The molecule has 0 bridgehead atoms. The van der Waals surface area contributed by atoms with Crippen LogP contribution in [0.5, 0.6) is 0 Å². The second-order valence-electron chi connectivity index (χ2n) is 8.01. The highest BCUT2D eigenvalue weighted by atomic mass is 35.5. The van der Waals surface area contributed by atoms with E-state index in [9.17, 15) is 0 Å². The van der Waals surface area contributed by atoms with Crippen molar-refractivity contribution in [3.8, 4) is 0 Å². The van der Waals surface area contributed by atoms with Gasteiger partial charge in [-0.25, -0.2) is 4.99 Å². The zero-order valence-electron chi connectivity index (χ0n) is 14.1. The third kappa shape index (κ3) is 3.69. The van der Waals surface area contributed by atoms with Gasteiger partial charge in [0.2, 0.25) is 0 Å². The normalized spacial score (nSPS) is 22.3. The maximum atomic E-state index is 6.21. The molecule has 1 aromatic rings. The quantitative estimate of drug-likeness (QED) is 0.753. The van der Waals surface area contributed by atoms with Crippen LogP contribution in [-0.4, -0.2) is 18.0 Å². The maximum Gasteiger partial charge on any atom is 0.197 e. The molecule has 1 aromatic carbocycles. The van der Waals surface area contributed by atoms with Crippen molar-refractivity contribution < 1.29 is 0 Å². The summed E-state index contributed by atoms with van der Waals surface area (Å²) in [5.41, 5.74) is 0.807. The second-order valence-corrected chi connectivity index (χ2v) is 8.82. The molecule has 0 unspecified atom stereocenters. The molecule has 5 heteroatoms. The number of nitrogens with zero attached hydrogens (tertiary/aromatic N) is 1. The van der Waals surface area contributed by atoms with E-state index < -0.39 is 0 Å². The molecule has 22 heavy (non-hydrogen) atoms. The molecule has 1 aliphatic rings. The zero-order chi connectivity index (χ0) is 16.7. The Morgan fingerprint density at radius 3 is 1.64 bits per heavy atom. The summed E-state index contributed by atoms with van der Waals surface area (Å²) in [5.74, 6) is 0.731. The number of rotatable bonds is 1. The van der Waals surface area contributed by atoms with Crippen LogP contribution >= 0.6 is 23.2 Å². The Morgan fingerprint density at radius 1 is 0.864 bits per heavy atom. The maximum absolute atomic E-state index is 6.21. The average Bonchev–Trinajstić information content (AvgIpc) is 2.78. The van der Waals surface area contributed by atoms with Crippen LogP contribution in [0.1, 0.15) is 41.5 Å². The van der Waals surface area contributed by atoms with Crippen molar-refractivity contribution in [2.24, 2.45) is 15.8 Å². The average molecular weight is 342 g/mol. The molecule has 0 amide bonds. The van der Waals surface area contributed by atoms with Gasteiger partial charge in [-0.05, 0) is 23.0 Å². The van der Waals surface area contributed by atoms with Crippen LogP contribution in [0.4, 0.5) is 5.69 Å². The van der Waals surface area contributed by atoms with E-state index in [4.69, 9.17) is 23.2 Å². The van der Waals surface area contributed by atoms with Gasteiger partial charge in [0.05, 0.1) is 22.1 Å². The van der Waals surface area contributed by atoms with Crippen LogP contribution in [0.15, 0.2) is 23.2 Å². The Labute approximate surface area is 143 Å². The Morgan fingerprint density at radius 2 is 1.27 bits per heavy atom. The lowest BCUT2D eigenvalue weighted by Crippen LogP contribution is -2.50. The lowest BCUT2D eigenvalue weighted by molar-refractivity contribution is 0.184. The van der Waals surface area contributed by atoms with E-state index in [2.05, 4.69) is 57.2 Å². The highest BCUT2D eigenvalue weighted by molar-refractivity contribution is 6.38. The van der Waals surface area contributed by atoms with Gasteiger partial charge in [0.15, 0.2) is 5.96 Å². The number of para-hydroxylation sites is 1. The minimum atomic E-state index is 0.104. The van der Waals surface area contributed by atoms with E-state index in [0.717, 1.165) is 5.96 Å². The van der Waals surface area contributed by atoms with Crippen LogP contribution < -0.4 is 10.6 Å².